The van der Waals surface area contributed by atoms with Gasteiger partial charge in [0.2, 0.25) is 11.8 Å². The van der Waals surface area contributed by atoms with Crippen LogP contribution in [0.4, 0.5) is 5.69 Å². The third-order valence-corrected chi connectivity index (χ3v) is 5.84. The molecule has 0 aliphatic heterocycles. The van der Waals surface area contributed by atoms with E-state index in [1.54, 1.807) is 30.3 Å². The molecular weight excluding hydrogens is 494 g/mol. The number of hydrogen-bond acceptors (Lipinski definition) is 5. The minimum Gasteiger partial charge on any atom is -0.457 e. The highest BCUT2D eigenvalue weighted by Gasteiger charge is 2.13. The number of hydrogen-bond donors (Lipinski definition) is 2. The molecule has 2 aromatic heterocycles. The summed E-state index contributed by atoms with van der Waals surface area (Å²) in [4.78, 5) is 16.9. The predicted molar refractivity (Wildman–Crippen MR) is 147 cm³/mol. The summed E-state index contributed by atoms with van der Waals surface area (Å²) >= 11 is 11.6. The fourth-order valence-corrected chi connectivity index (χ4v) is 4.12. The summed E-state index contributed by atoms with van der Waals surface area (Å²) in [7, 11) is 0. The molecule has 36 heavy (non-hydrogen) atoms. The van der Waals surface area contributed by atoms with Crippen LogP contribution >= 0.6 is 23.8 Å². The van der Waals surface area contributed by atoms with E-state index in [1.807, 2.05) is 61.5 Å². The van der Waals surface area contributed by atoms with E-state index in [4.69, 9.17) is 32.7 Å². The largest absolute Gasteiger partial charge is 0.457 e. The van der Waals surface area contributed by atoms with Crippen LogP contribution in [-0.2, 0) is 4.79 Å². The molecule has 5 aromatic rings. The molecule has 5 rings (SSSR count). The molecule has 8 heteroatoms. The predicted octanol–water partition coefficient (Wildman–Crippen LogP) is 7.24. The zero-order chi connectivity index (χ0) is 25.1. The lowest BCUT2D eigenvalue weighted by molar-refractivity contribution is -0.115. The van der Waals surface area contributed by atoms with Crippen molar-refractivity contribution in [3.8, 4) is 22.8 Å². The molecule has 6 nitrogen and oxygen atoms in total. The van der Waals surface area contributed by atoms with Crippen molar-refractivity contribution in [3.63, 3.8) is 0 Å². The van der Waals surface area contributed by atoms with Crippen LogP contribution in [0.15, 0.2) is 93.8 Å². The van der Waals surface area contributed by atoms with Crippen LogP contribution in [0.2, 0.25) is 5.02 Å². The fourth-order valence-electron chi connectivity index (χ4n) is 3.59. The highest BCUT2D eigenvalue weighted by atomic mass is 35.5. The standard InChI is InChI=1S/C28H20ClN3O3S/c1-17-7-11-21(22(29)15-17)27-31-23-16-19(8-12-25(23)35-27)30-28(36)32-26(33)14-10-20-9-13-24(34-20)18-5-3-2-4-6-18/h2-16H,1H3,(H2,30,32,33,36)/b14-10+. The molecule has 0 saturated carbocycles. The third-order valence-electron chi connectivity index (χ3n) is 5.32. The molecule has 0 spiro atoms. The maximum absolute atomic E-state index is 12.3. The van der Waals surface area contributed by atoms with Crippen molar-refractivity contribution in [2.75, 3.05) is 5.32 Å². The van der Waals surface area contributed by atoms with E-state index in [-0.39, 0.29) is 11.0 Å². The Morgan fingerprint density at radius 2 is 1.83 bits per heavy atom. The normalized spacial score (nSPS) is 11.2. The Bertz CT molecular complexity index is 1610. The number of nitrogens with zero attached hydrogens (tertiary/aromatic N) is 1. The van der Waals surface area contributed by atoms with Crippen molar-refractivity contribution in [1.29, 1.82) is 0 Å². The van der Waals surface area contributed by atoms with E-state index in [0.717, 1.165) is 22.5 Å². The zero-order valence-corrected chi connectivity index (χ0v) is 20.7. The number of nitrogens with one attached hydrogen (secondary N) is 2. The molecule has 0 bridgehead atoms. The monoisotopic (exact) mass is 513 g/mol. The Labute approximate surface area is 217 Å². The van der Waals surface area contributed by atoms with E-state index >= 15 is 0 Å². The van der Waals surface area contributed by atoms with Crippen molar-refractivity contribution in [2.45, 2.75) is 6.92 Å². The second kappa shape index (κ2) is 10.2. The Morgan fingerprint density at radius 3 is 2.64 bits per heavy atom. The number of aryl methyl sites for hydroxylation is 1. The Hall–Kier alpha value is -4.20. The van der Waals surface area contributed by atoms with Crippen LogP contribution in [0.3, 0.4) is 0 Å². The SMILES string of the molecule is Cc1ccc(-c2nc3cc(NC(=S)NC(=O)/C=C/c4ccc(-c5ccccc5)o4)ccc3o2)c(Cl)c1. The summed E-state index contributed by atoms with van der Waals surface area (Å²) in [6.07, 6.45) is 2.95. The lowest BCUT2D eigenvalue weighted by atomic mass is 10.1. The summed E-state index contributed by atoms with van der Waals surface area (Å²) in [6.45, 7) is 1.97. The third kappa shape index (κ3) is 5.38. The van der Waals surface area contributed by atoms with Crippen LogP contribution in [0.25, 0.3) is 40.0 Å². The van der Waals surface area contributed by atoms with Crippen LogP contribution in [0.5, 0.6) is 0 Å². The van der Waals surface area contributed by atoms with Gasteiger partial charge in [-0.2, -0.15) is 0 Å². The van der Waals surface area contributed by atoms with Crippen LogP contribution < -0.4 is 10.6 Å². The van der Waals surface area contributed by atoms with Gasteiger partial charge in [0.15, 0.2) is 10.7 Å². The smallest absolute Gasteiger partial charge is 0.250 e. The number of anilines is 1. The highest BCUT2D eigenvalue weighted by molar-refractivity contribution is 7.80. The van der Waals surface area contributed by atoms with Gasteiger partial charge in [-0.25, -0.2) is 4.98 Å². The van der Waals surface area contributed by atoms with E-state index in [0.29, 0.717) is 33.5 Å². The molecule has 0 unspecified atom stereocenters. The van der Waals surface area contributed by atoms with E-state index < -0.39 is 0 Å². The Morgan fingerprint density at radius 1 is 1.00 bits per heavy atom. The number of amides is 1. The van der Waals surface area contributed by atoms with Gasteiger partial charge in [0.1, 0.15) is 17.0 Å². The first-order valence-corrected chi connectivity index (χ1v) is 11.9. The fraction of sp³-hybridized carbons (Fsp3) is 0.0357. The first-order chi connectivity index (χ1) is 17.4. The molecule has 1 amide bonds. The van der Waals surface area contributed by atoms with E-state index in [2.05, 4.69) is 15.6 Å². The van der Waals surface area contributed by atoms with E-state index in [1.165, 1.54) is 6.08 Å². The second-order valence-electron chi connectivity index (χ2n) is 8.03. The molecule has 2 N–H and O–H groups in total. The maximum atomic E-state index is 12.3. The van der Waals surface area contributed by atoms with Crippen LogP contribution in [0, 0.1) is 6.92 Å². The number of aromatic nitrogens is 1. The molecule has 0 fully saturated rings. The van der Waals surface area contributed by atoms with Crippen molar-refractivity contribution < 1.29 is 13.6 Å². The molecule has 0 aliphatic rings. The number of benzene rings is 3. The second-order valence-corrected chi connectivity index (χ2v) is 8.85. The van der Waals surface area contributed by atoms with Gasteiger partial charge >= 0.3 is 0 Å². The first-order valence-electron chi connectivity index (χ1n) is 11.1. The van der Waals surface area contributed by atoms with E-state index in [9.17, 15) is 4.79 Å². The van der Waals surface area contributed by atoms with Crippen molar-refractivity contribution in [2.24, 2.45) is 0 Å². The van der Waals surface area contributed by atoms with Crippen molar-refractivity contribution in [1.82, 2.24) is 10.3 Å². The number of fused-ring (bicyclic) bond motifs is 1. The van der Waals surface area contributed by atoms with Gasteiger partial charge in [0.05, 0.1) is 10.6 Å². The lowest BCUT2D eigenvalue weighted by Crippen LogP contribution is -2.32. The van der Waals surface area contributed by atoms with Gasteiger partial charge < -0.3 is 14.2 Å². The molecular formula is C28H20ClN3O3S. The summed E-state index contributed by atoms with van der Waals surface area (Å²) in [6, 6.07) is 24.4. The summed E-state index contributed by atoms with van der Waals surface area (Å²) in [5, 5.41) is 6.34. The van der Waals surface area contributed by atoms with Crippen molar-refractivity contribution >= 4 is 57.7 Å². The topological polar surface area (TPSA) is 80.3 Å². The molecule has 2 heterocycles. The number of carbonyl (C=O) groups is 1. The average molecular weight is 514 g/mol. The average Bonchev–Trinajstić information content (AvgIpc) is 3.50. The zero-order valence-electron chi connectivity index (χ0n) is 19.1. The van der Waals surface area contributed by atoms with Gasteiger partial charge in [-0.15, -0.1) is 0 Å². The minimum atomic E-state index is -0.385. The van der Waals surface area contributed by atoms with Gasteiger partial charge in [0, 0.05) is 17.3 Å². The maximum Gasteiger partial charge on any atom is 0.250 e. The van der Waals surface area contributed by atoms with Gasteiger partial charge in [-0.1, -0.05) is 48.0 Å². The quantitative estimate of drug-likeness (QED) is 0.190. The number of thiocarbonyl (C=S) groups is 1. The molecule has 0 radical (unpaired) electrons. The van der Waals surface area contributed by atoms with Gasteiger partial charge in [-0.3, -0.25) is 10.1 Å². The molecule has 3 aromatic carbocycles. The number of carbonyl (C=O) groups excluding carboxylic acids is 1. The number of oxazole rings is 1. The summed E-state index contributed by atoms with van der Waals surface area (Å²) < 4.78 is 11.6. The highest BCUT2D eigenvalue weighted by Crippen LogP contribution is 2.31. The molecule has 0 atom stereocenters. The van der Waals surface area contributed by atoms with Crippen LogP contribution in [0.1, 0.15) is 11.3 Å². The van der Waals surface area contributed by atoms with Gasteiger partial charge in [0.25, 0.3) is 0 Å². The minimum absolute atomic E-state index is 0.152. The first kappa shape index (κ1) is 23.5. The Kier molecular flexibility index (Phi) is 6.66. The molecule has 0 aliphatic carbocycles. The van der Waals surface area contributed by atoms with Gasteiger partial charge in [-0.05, 0) is 73.2 Å². The summed E-state index contributed by atoms with van der Waals surface area (Å²) in [5.41, 5.74) is 4.63. The number of furan rings is 1. The number of halogens is 1. The Balaban J connectivity index is 1.21. The molecule has 0 saturated heterocycles. The van der Waals surface area contributed by atoms with Crippen molar-refractivity contribution in [3.05, 3.63) is 101 Å². The molecule has 178 valence electrons. The van der Waals surface area contributed by atoms with Crippen LogP contribution in [-0.4, -0.2) is 16.0 Å². The summed E-state index contributed by atoms with van der Waals surface area (Å²) in [5.74, 6) is 1.33. The number of rotatable bonds is 5. The lowest BCUT2D eigenvalue weighted by Gasteiger charge is -2.07.